The number of benzene rings is 2. The Kier molecular flexibility index (Phi) is 3.74. The van der Waals surface area contributed by atoms with Gasteiger partial charge < -0.3 is 0 Å². The summed E-state index contributed by atoms with van der Waals surface area (Å²) in [5, 5.41) is 9.33. The Morgan fingerprint density at radius 1 is 1.18 bits per heavy atom. The van der Waals surface area contributed by atoms with Crippen LogP contribution in [-0.4, -0.2) is 16.9 Å². The summed E-state index contributed by atoms with van der Waals surface area (Å²) in [5.41, 5.74) is 0.558. The van der Waals surface area contributed by atoms with Gasteiger partial charge in [-0.1, -0.05) is 0 Å². The summed E-state index contributed by atoms with van der Waals surface area (Å²) in [5.74, 6) is 1.18. The van der Waals surface area contributed by atoms with Crippen molar-refractivity contribution < 1.29 is 4.74 Å². The van der Waals surface area contributed by atoms with Gasteiger partial charge >= 0.3 is 113 Å². The van der Waals surface area contributed by atoms with Gasteiger partial charge in [0.05, 0.1) is 0 Å². The minimum atomic E-state index is 0.547. The number of halogens is 1. The zero-order chi connectivity index (χ0) is 12.3. The normalized spacial score (nSPS) is 9.71. The van der Waals surface area contributed by atoms with Crippen LogP contribution in [0.5, 0.6) is 11.5 Å². The molecule has 4 heteroatoms. The monoisotopic (exact) mass is 303 g/mol. The summed E-state index contributed by atoms with van der Waals surface area (Å²) in [4.78, 5) is 0. The topological polar surface area (TPSA) is 33.0 Å². The number of hydrogen-bond acceptors (Lipinski definition) is 2. The van der Waals surface area contributed by atoms with E-state index < -0.39 is 0 Å². The Balaban J connectivity index is 2.28. The van der Waals surface area contributed by atoms with Crippen LogP contribution < -0.4 is 9.09 Å². The van der Waals surface area contributed by atoms with Crippen molar-refractivity contribution in [3.8, 4) is 17.6 Å². The van der Waals surface area contributed by atoms with E-state index >= 15 is 0 Å². The fourth-order valence-corrected chi connectivity index (χ4v) is 2.14. The van der Waals surface area contributed by atoms with Gasteiger partial charge in [0.1, 0.15) is 0 Å². The molecule has 0 N–H and O–H groups in total. The van der Waals surface area contributed by atoms with Crippen LogP contribution >= 0.6 is 11.6 Å². The Hall–Kier alpha value is -1.42. The van der Waals surface area contributed by atoms with Gasteiger partial charge in [-0.2, -0.15) is 0 Å². The second kappa shape index (κ2) is 5.27. The first kappa shape index (κ1) is 12.0. The van der Waals surface area contributed by atoms with E-state index in [9.17, 15) is 0 Å². The summed E-state index contributed by atoms with van der Waals surface area (Å²) >= 11 is 8.47. The molecular formula is C13H7AsClNO. The molecule has 2 rings (SSSR count). The zero-order valence-corrected chi connectivity index (χ0v) is 11.4. The van der Waals surface area contributed by atoms with Gasteiger partial charge in [-0.25, -0.2) is 0 Å². The summed E-state index contributed by atoms with van der Waals surface area (Å²) in [7, 11) is 0. The van der Waals surface area contributed by atoms with Crippen LogP contribution in [0.4, 0.5) is 0 Å². The van der Waals surface area contributed by atoms with Crippen molar-refractivity contribution in [1.29, 1.82) is 5.26 Å². The molecule has 0 amide bonds. The van der Waals surface area contributed by atoms with E-state index in [1.165, 1.54) is 0 Å². The molecule has 17 heavy (non-hydrogen) atoms. The van der Waals surface area contributed by atoms with Gasteiger partial charge in [-0.3, -0.25) is 0 Å². The molecule has 82 valence electrons. The standard InChI is InChI=1S/C13H7AsClNO/c14-10-4-5-13(12(15)7-10)17-11-3-1-2-9(6-11)8-16/h1-7H. The molecule has 2 radical (unpaired) electrons. The Bertz CT molecular complexity index is 592. The first-order valence-electron chi connectivity index (χ1n) is 4.85. The molecule has 0 aromatic heterocycles. The third-order valence-electron chi connectivity index (χ3n) is 2.11. The molecule has 0 bridgehead atoms. The first-order valence-corrected chi connectivity index (χ1v) is 6.17. The number of rotatable bonds is 2. The Morgan fingerprint density at radius 3 is 2.71 bits per heavy atom. The summed E-state index contributed by atoms with van der Waals surface area (Å²) in [6, 6.07) is 14.5. The van der Waals surface area contributed by atoms with E-state index in [0.717, 1.165) is 4.35 Å². The molecule has 0 unspecified atom stereocenters. The quantitative estimate of drug-likeness (QED) is 0.799. The molecular weight excluding hydrogens is 297 g/mol. The minimum absolute atomic E-state index is 0.547. The van der Waals surface area contributed by atoms with Crippen LogP contribution in [0.2, 0.25) is 5.02 Å². The van der Waals surface area contributed by atoms with Crippen molar-refractivity contribution in [1.82, 2.24) is 0 Å². The summed E-state index contributed by atoms with van der Waals surface area (Å²) in [6.07, 6.45) is 0. The van der Waals surface area contributed by atoms with E-state index in [4.69, 9.17) is 21.6 Å². The molecule has 0 aliphatic carbocycles. The van der Waals surface area contributed by atoms with Gasteiger partial charge in [-0.15, -0.1) is 0 Å². The maximum atomic E-state index is 8.79. The van der Waals surface area contributed by atoms with Crippen molar-refractivity contribution in [2.45, 2.75) is 0 Å². The van der Waals surface area contributed by atoms with E-state index in [1.807, 2.05) is 12.1 Å². The number of nitrogens with zero attached hydrogens (tertiary/aromatic N) is 1. The predicted molar refractivity (Wildman–Crippen MR) is 68.1 cm³/mol. The molecule has 0 saturated carbocycles. The van der Waals surface area contributed by atoms with Crippen molar-refractivity contribution in [2.24, 2.45) is 0 Å². The second-order valence-electron chi connectivity index (χ2n) is 3.36. The van der Waals surface area contributed by atoms with E-state index in [-0.39, 0.29) is 0 Å². The van der Waals surface area contributed by atoms with Crippen LogP contribution in [0, 0.1) is 11.3 Å². The van der Waals surface area contributed by atoms with Crippen molar-refractivity contribution in [3.63, 3.8) is 0 Å². The van der Waals surface area contributed by atoms with Gasteiger partial charge in [-0.05, 0) is 0 Å². The zero-order valence-electron chi connectivity index (χ0n) is 8.72. The summed E-state index contributed by atoms with van der Waals surface area (Å²) in [6.45, 7) is 0. The van der Waals surface area contributed by atoms with Crippen molar-refractivity contribution >= 4 is 32.8 Å². The molecule has 0 saturated heterocycles. The van der Waals surface area contributed by atoms with Crippen LogP contribution in [0.15, 0.2) is 42.5 Å². The molecule has 0 aliphatic heterocycles. The second-order valence-corrected chi connectivity index (χ2v) is 4.85. The van der Waals surface area contributed by atoms with E-state index in [2.05, 4.69) is 22.9 Å². The number of hydrogen-bond donors (Lipinski definition) is 0. The predicted octanol–water partition coefficient (Wildman–Crippen LogP) is 2.80. The SMILES string of the molecule is N#Cc1cccc(Oc2ccc([As])cc2Cl)c1. The van der Waals surface area contributed by atoms with E-state index in [0.29, 0.717) is 22.1 Å². The van der Waals surface area contributed by atoms with Gasteiger partial charge in [0.15, 0.2) is 0 Å². The van der Waals surface area contributed by atoms with Gasteiger partial charge in [0.25, 0.3) is 0 Å². The maximum absolute atomic E-state index is 8.79. The molecule has 2 aromatic carbocycles. The third-order valence-corrected chi connectivity index (χ3v) is 2.99. The van der Waals surface area contributed by atoms with Crippen LogP contribution in [0.25, 0.3) is 0 Å². The third kappa shape index (κ3) is 3.03. The molecule has 0 heterocycles. The van der Waals surface area contributed by atoms with Crippen LogP contribution in [0.1, 0.15) is 5.56 Å². The average molecular weight is 304 g/mol. The molecule has 0 fully saturated rings. The first-order chi connectivity index (χ1) is 8.19. The molecule has 2 aromatic rings. The van der Waals surface area contributed by atoms with Crippen LogP contribution in [0.3, 0.4) is 0 Å². The molecule has 2 nitrogen and oxygen atoms in total. The van der Waals surface area contributed by atoms with Crippen molar-refractivity contribution in [3.05, 3.63) is 53.1 Å². The van der Waals surface area contributed by atoms with Crippen molar-refractivity contribution in [2.75, 3.05) is 0 Å². The number of nitriles is 1. The fourth-order valence-electron chi connectivity index (χ4n) is 1.33. The molecule has 0 aliphatic rings. The van der Waals surface area contributed by atoms with Gasteiger partial charge in [0, 0.05) is 0 Å². The average Bonchev–Trinajstić information content (AvgIpc) is 2.33. The Morgan fingerprint density at radius 2 is 2.00 bits per heavy atom. The molecule has 0 spiro atoms. The number of ether oxygens (including phenoxy) is 1. The van der Waals surface area contributed by atoms with Crippen LogP contribution in [-0.2, 0) is 0 Å². The van der Waals surface area contributed by atoms with Gasteiger partial charge in [0.2, 0.25) is 0 Å². The summed E-state index contributed by atoms with van der Waals surface area (Å²) < 4.78 is 6.63. The Labute approximate surface area is 113 Å². The molecule has 0 atom stereocenters. The van der Waals surface area contributed by atoms with E-state index in [1.54, 1.807) is 30.3 Å². The fraction of sp³-hybridized carbons (Fsp3) is 0.